The third-order valence-electron chi connectivity index (χ3n) is 6.10. The van der Waals surface area contributed by atoms with Crippen LogP contribution in [0.25, 0.3) is 38.6 Å². The van der Waals surface area contributed by atoms with Crippen molar-refractivity contribution in [1.29, 1.82) is 0 Å². The minimum Gasteiger partial charge on any atom is -0.382 e. The summed E-state index contributed by atoms with van der Waals surface area (Å²) in [6.45, 7) is 3.07. The summed E-state index contributed by atoms with van der Waals surface area (Å²) < 4.78 is 7.50. The van der Waals surface area contributed by atoms with E-state index < -0.39 is 0 Å². The predicted molar refractivity (Wildman–Crippen MR) is 129 cm³/mol. The van der Waals surface area contributed by atoms with Gasteiger partial charge in [-0.2, -0.15) is 5.10 Å². The number of morpholine rings is 1. The van der Waals surface area contributed by atoms with Crippen LogP contribution in [-0.2, 0) is 4.74 Å². The number of para-hydroxylation sites is 2. The Bertz CT molecular complexity index is 1440. The molecule has 6 rings (SSSR count). The Labute approximate surface area is 185 Å². The van der Waals surface area contributed by atoms with Crippen molar-refractivity contribution < 1.29 is 4.74 Å². The maximum Gasteiger partial charge on any atom is 0.147 e. The molecule has 0 amide bonds. The molecule has 0 aliphatic carbocycles. The number of hydrogen-bond donors (Lipinski definition) is 1. The molecule has 0 saturated carbocycles. The second kappa shape index (κ2) is 7.66. The molecule has 32 heavy (non-hydrogen) atoms. The van der Waals surface area contributed by atoms with Crippen molar-refractivity contribution in [3.05, 3.63) is 79.0 Å². The summed E-state index contributed by atoms with van der Waals surface area (Å²) in [5, 5.41) is 6.86. The molecule has 0 unspecified atom stereocenters. The molecule has 1 aliphatic rings. The molecule has 0 radical (unpaired) electrons. The van der Waals surface area contributed by atoms with E-state index in [0.717, 1.165) is 57.4 Å². The first-order valence-corrected chi connectivity index (χ1v) is 10.8. The Kier molecular flexibility index (Phi) is 4.51. The molecule has 2 N–H and O–H groups in total. The average molecular weight is 422 g/mol. The lowest BCUT2D eigenvalue weighted by Crippen LogP contribution is -2.36. The van der Waals surface area contributed by atoms with Gasteiger partial charge in [0.25, 0.3) is 0 Å². The van der Waals surface area contributed by atoms with Crippen LogP contribution in [0.5, 0.6) is 0 Å². The molecule has 0 spiro atoms. The fourth-order valence-corrected chi connectivity index (χ4v) is 4.47. The fraction of sp³-hybridized carbons (Fsp3) is 0.154. The van der Waals surface area contributed by atoms with Crippen LogP contribution in [0.15, 0.2) is 79.0 Å². The summed E-state index contributed by atoms with van der Waals surface area (Å²) in [5.41, 5.74) is 12.5. The number of anilines is 2. The van der Waals surface area contributed by atoms with Gasteiger partial charge in [0.2, 0.25) is 0 Å². The Hall–Kier alpha value is -3.90. The lowest BCUT2D eigenvalue weighted by atomic mass is 10.0. The maximum atomic E-state index is 6.30. The average Bonchev–Trinajstić information content (AvgIpc) is 3.28. The minimum atomic E-state index is 0.565. The largest absolute Gasteiger partial charge is 0.382 e. The topological polar surface area (TPSA) is 69.2 Å². The predicted octanol–water partition coefficient (Wildman–Crippen LogP) is 4.66. The van der Waals surface area contributed by atoms with Crippen LogP contribution in [0.3, 0.4) is 0 Å². The van der Waals surface area contributed by atoms with E-state index >= 15 is 0 Å². The second-order valence-electron chi connectivity index (χ2n) is 8.03. The molecule has 3 heterocycles. The molecule has 5 aromatic rings. The first-order valence-electron chi connectivity index (χ1n) is 10.8. The van der Waals surface area contributed by atoms with Crippen molar-refractivity contribution in [3.63, 3.8) is 0 Å². The summed E-state index contributed by atoms with van der Waals surface area (Å²) in [5.74, 6) is 0.565. The smallest absolute Gasteiger partial charge is 0.147 e. The van der Waals surface area contributed by atoms with Gasteiger partial charge in [-0.25, -0.2) is 9.67 Å². The van der Waals surface area contributed by atoms with Crippen molar-refractivity contribution in [2.24, 2.45) is 0 Å². The number of rotatable bonds is 3. The van der Waals surface area contributed by atoms with Gasteiger partial charge in [-0.3, -0.25) is 0 Å². The standard InChI is InChI=1S/C26H23N5O/c27-26-25(30-11-13-32-14-12-30)16-20-15-18(9-10-22(20)29-26)21-6-2-4-8-24(21)31-23-7-3-1-5-19(23)17-28-31/h1-10,15-17H,11-14H2,(H2,27,29). The van der Waals surface area contributed by atoms with Gasteiger partial charge in [0.05, 0.1) is 41.8 Å². The van der Waals surface area contributed by atoms with Gasteiger partial charge >= 0.3 is 0 Å². The highest BCUT2D eigenvalue weighted by Gasteiger charge is 2.16. The van der Waals surface area contributed by atoms with Crippen LogP contribution in [0.2, 0.25) is 0 Å². The molecule has 158 valence electrons. The number of nitrogens with zero attached hydrogens (tertiary/aromatic N) is 4. The minimum absolute atomic E-state index is 0.565. The van der Waals surface area contributed by atoms with Crippen LogP contribution in [0.1, 0.15) is 0 Å². The summed E-state index contributed by atoms with van der Waals surface area (Å²) in [4.78, 5) is 6.93. The van der Waals surface area contributed by atoms with E-state index in [0.29, 0.717) is 19.0 Å². The Morgan fingerprint density at radius 2 is 1.62 bits per heavy atom. The maximum absolute atomic E-state index is 6.30. The molecule has 2 aromatic heterocycles. The van der Waals surface area contributed by atoms with Crippen molar-refractivity contribution in [2.45, 2.75) is 0 Å². The number of benzene rings is 3. The summed E-state index contributed by atoms with van der Waals surface area (Å²) in [7, 11) is 0. The van der Waals surface area contributed by atoms with Gasteiger partial charge in [-0.15, -0.1) is 0 Å². The van der Waals surface area contributed by atoms with E-state index in [1.807, 2.05) is 29.1 Å². The van der Waals surface area contributed by atoms with Gasteiger partial charge in [0, 0.05) is 29.4 Å². The van der Waals surface area contributed by atoms with Gasteiger partial charge in [0.15, 0.2) is 0 Å². The van der Waals surface area contributed by atoms with Gasteiger partial charge in [0.1, 0.15) is 5.82 Å². The highest BCUT2D eigenvalue weighted by molar-refractivity contribution is 5.91. The Morgan fingerprint density at radius 3 is 2.53 bits per heavy atom. The van der Waals surface area contributed by atoms with Crippen LogP contribution < -0.4 is 10.6 Å². The zero-order valence-electron chi connectivity index (χ0n) is 17.6. The molecule has 1 aliphatic heterocycles. The molecule has 0 bridgehead atoms. The summed E-state index contributed by atoms with van der Waals surface area (Å²) >= 11 is 0. The fourth-order valence-electron chi connectivity index (χ4n) is 4.47. The van der Waals surface area contributed by atoms with Crippen molar-refractivity contribution in [2.75, 3.05) is 36.9 Å². The van der Waals surface area contributed by atoms with Crippen LogP contribution in [0, 0.1) is 0 Å². The second-order valence-corrected chi connectivity index (χ2v) is 8.03. The van der Waals surface area contributed by atoms with E-state index in [9.17, 15) is 0 Å². The SMILES string of the molecule is Nc1nc2ccc(-c3ccccc3-n3ncc4ccccc43)cc2cc1N1CCOCC1. The van der Waals surface area contributed by atoms with E-state index in [1.54, 1.807) is 0 Å². The monoisotopic (exact) mass is 421 g/mol. The van der Waals surface area contributed by atoms with Gasteiger partial charge in [-0.05, 0) is 35.9 Å². The molecule has 6 nitrogen and oxygen atoms in total. The summed E-state index contributed by atoms with van der Waals surface area (Å²) in [6.07, 6.45) is 1.91. The normalized spacial score (nSPS) is 14.3. The van der Waals surface area contributed by atoms with E-state index in [1.165, 1.54) is 0 Å². The van der Waals surface area contributed by atoms with Crippen LogP contribution >= 0.6 is 0 Å². The third-order valence-corrected chi connectivity index (χ3v) is 6.10. The van der Waals surface area contributed by atoms with Crippen LogP contribution in [-0.4, -0.2) is 41.1 Å². The first-order chi connectivity index (χ1) is 15.8. The molecular weight excluding hydrogens is 398 g/mol. The first kappa shape index (κ1) is 18.8. The van der Waals surface area contributed by atoms with Gasteiger partial charge < -0.3 is 15.4 Å². The molecule has 1 saturated heterocycles. The van der Waals surface area contributed by atoms with E-state index in [4.69, 9.17) is 10.5 Å². The molecule has 3 aromatic carbocycles. The Morgan fingerprint density at radius 1 is 0.812 bits per heavy atom. The number of pyridine rings is 1. The lowest BCUT2D eigenvalue weighted by Gasteiger charge is -2.29. The molecule has 6 heteroatoms. The molecular formula is C26H23N5O. The van der Waals surface area contributed by atoms with Crippen molar-refractivity contribution in [1.82, 2.24) is 14.8 Å². The molecule has 0 atom stereocenters. The number of nitrogens with two attached hydrogens (primary N) is 1. The lowest BCUT2D eigenvalue weighted by molar-refractivity contribution is 0.123. The zero-order chi connectivity index (χ0) is 21.5. The van der Waals surface area contributed by atoms with Crippen molar-refractivity contribution >= 4 is 33.3 Å². The summed E-state index contributed by atoms with van der Waals surface area (Å²) in [6, 6.07) is 25.1. The number of fused-ring (bicyclic) bond motifs is 2. The van der Waals surface area contributed by atoms with E-state index in [2.05, 4.69) is 69.6 Å². The highest BCUT2D eigenvalue weighted by Crippen LogP contribution is 2.33. The van der Waals surface area contributed by atoms with Gasteiger partial charge in [-0.1, -0.05) is 42.5 Å². The molecule has 1 fully saturated rings. The number of nitrogen functional groups attached to an aromatic ring is 1. The third kappa shape index (κ3) is 3.16. The van der Waals surface area contributed by atoms with Crippen molar-refractivity contribution in [3.8, 4) is 16.8 Å². The Balaban J connectivity index is 1.48. The zero-order valence-corrected chi connectivity index (χ0v) is 17.6. The number of ether oxygens (including phenoxy) is 1. The quantitative estimate of drug-likeness (QED) is 0.459. The highest BCUT2D eigenvalue weighted by atomic mass is 16.5. The number of hydrogen-bond acceptors (Lipinski definition) is 5. The number of aromatic nitrogens is 3. The van der Waals surface area contributed by atoms with E-state index in [-0.39, 0.29) is 0 Å². The van der Waals surface area contributed by atoms with Crippen LogP contribution in [0.4, 0.5) is 11.5 Å².